The number of hydrogen-bond donors (Lipinski definition) is 2. The molecule has 0 radical (unpaired) electrons. The number of nitrogens with one attached hydrogen (secondary N) is 1. The summed E-state index contributed by atoms with van der Waals surface area (Å²) in [5.41, 5.74) is 2.48. The van der Waals surface area contributed by atoms with Crippen molar-refractivity contribution >= 4 is 11.9 Å². The predicted octanol–water partition coefficient (Wildman–Crippen LogP) is 1.57. The zero-order chi connectivity index (χ0) is 14.4. The molecule has 1 aliphatic carbocycles. The second kappa shape index (κ2) is 7.23. The Morgan fingerprint density at radius 3 is 2.65 bits per heavy atom. The molecule has 7 nitrogen and oxygen atoms in total. The molecule has 1 heterocycles. The van der Waals surface area contributed by atoms with Gasteiger partial charge in [-0.2, -0.15) is 15.0 Å². The van der Waals surface area contributed by atoms with Crippen LogP contribution in [0.1, 0.15) is 39.5 Å². The van der Waals surface area contributed by atoms with Crippen LogP contribution in [-0.2, 0) is 0 Å². The smallest absolute Gasteiger partial charge is 0.323 e. The van der Waals surface area contributed by atoms with Crippen LogP contribution in [0.25, 0.3) is 0 Å². The van der Waals surface area contributed by atoms with Crippen LogP contribution in [0.3, 0.4) is 0 Å². The van der Waals surface area contributed by atoms with Crippen LogP contribution >= 0.6 is 0 Å². The van der Waals surface area contributed by atoms with E-state index in [1.807, 2.05) is 6.92 Å². The highest BCUT2D eigenvalue weighted by Gasteiger charge is 2.25. The Bertz CT molecular complexity index is 423. The summed E-state index contributed by atoms with van der Waals surface area (Å²) in [4.78, 5) is 15.1. The van der Waals surface area contributed by atoms with Crippen molar-refractivity contribution in [1.82, 2.24) is 15.0 Å². The van der Waals surface area contributed by atoms with Crippen molar-refractivity contribution in [3.05, 3.63) is 0 Å². The van der Waals surface area contributed by atoms with Gasteiger partial charge in [0.25, 0.3) is 0 Å². The summed E-state index contributed by atoms with van der Waals surface area (Å²) < 4.78 is 5.50. The first-order valence-electron chi connectivity index (χ1n) is 7.37. The van der Waals surface area contributed by atoms with Gasteiger partial charge in [0.1, 0.15) is 0 Å². The molecule has 0 spiro atoms. The van der Waals surface area contributed by atoms with Gasteiger partial charge in [-0.05, 0) is 31.6 Å². The van der Waals surface area contributed by atoms with E-state index in [1.165, 1.54) is 12.8 Å². The number of nitrogen functional groups attached to an aromatic ring is 1. The summed E-state index contributed by atoms with van der Waals surface area (Å²) in [5, 5.41) is 0. The van der Waals surface area contributed by atoms with E-state index >= 15 is 0 Å². The van der Waals surface area contributed by atoms with Crippen LogP contribution in [0.15, 0.2) is 0 Å². The number of hydrazine groups is 1. The highest BCUT2D eigenvalue weighted by molar-refractivity contribution is 5.38. The van der Waals surface area contributed by atoms with E-state index in [0.29, 0.717) is 24.5 Å². The van der Waals surface area contributed by atoms with Gasteiger partial charge in [0, 0.05) is 13.1 Å². The van der Waals surface area contributed by atoms with E-state index in [1.54, 1.807) is 0 Å². The number of ether oxygens (including phenoxy) is 1. The maximum absolute atomic E-state index is 5.50. The van der Waals surface area contributed by atoms with Gasteiger partial charge in [-0.1, -0.05) is 13.8 Å². The summed E-state index contributed by atoms with van der Waals surface area (Å²) in [7, 11) is 0. The molecule has 0 bridgehead atoms. The lowest BCUT2D eigenvalue weighted by molar-refractivity contribution is 0.291. The van der Waals surface area contributed by atoms with Crippen molar-refractivity contribution in [2.75, 3.05) is 30.0 Å². The number of nitrogens with two attached hydrogens (primary N) is 1. The summed E-state index contributed by atoms with van der Waals surface area (Å²) in [5.74, 6) is 7.19. The van der Waals surface area contributed by atoms with Crippen LogP contribution < -0.4 is 20.9 Å². The molecule has 1 saturated carbocycles. The molecule has 1 aliphatic rings. The Morgan fingerprint density at radius 1 is 1.25 bits per heavy atom. The van der Waals surface area contributed by atoms with Crippen molar-refractivity contribution in [1.29, 1.82) is 0 Å². The van der Waals surface area contributed by atoms with Crippen molar-refractivity contribution in [2.45, 2.75) is 39.5 Å². The standard InChI is InChI=1S/C13H24N6O/c1-3-7-19(9-10-5-6-10)12-15-11(18-14)16-13(17-12)20-8-4-2/h10H,3-9,14H2,1-2H3,(H,15,16,17,18). The monoisotopic (exact) mass is 280 g/mol. The summed E-state index contributed by atoms with van der Waals surface area (Å²) >= 11 is 0. The fourth-order valence-corrected chi connectivity index (χ4v) is 1.96. The summed E-state index contributed by atoms with van der Waals surface area (Å²) in [6.07, 6.45) is 4.56. The van der Waals surface area contributed by atoms with Gasteiger partial charge in [-0.25, -0.2) is 5.84 Å². The van der Waals surface area contributed by atoms with Gasteiger partial charge in [0.15, 0.2) is 0 Å². The Hall–Kier alpha value is -1.63. The highest BCUT2D eigenvalue weighted by Crippen LogP contribution is 2.31. The van der Waals surface area contributed by atoms with Crippen LogP contribution in [-0.4, -0.2) is 34.6 Å². The molecule has 0 unspecified atom stereocenters. The van der Waals surface area contributed by atoms with E-state index in [0.717, 1.165) is 31.8 Å². The van der Waals surface area contributed by atoms with Gasteiger partial charge in [-0.15, -0.1) is 0 Å². The molecule has 1 aromatic heterocycles. The molecule has 0 saturated heterocycles. The number of aromatic nitrogens is 3. The maximum atomic E-state index is 5.50. The van der Waals surface area contributed by atoms with E-state index in [4.69, 9.17) is 10.6 Å². The lowest BCUT2D eigenvalue weighted by atomic mass is 10.3. The van der Waals surface area contributed by atoms with E-state index < -0.39 is 0 Å². The number of rotatable bonds is 9. The molecule has 0 aliphatic heterocycles. The Labute approximate surface area is 119 Å². The zero-order valence-electron chi connectivity index (χ0n) is 12.3. The third-order valence-corrected chi connectivity index (χ3v) is 3.12. The zero-order valence-corrected chi connectivity index (χ0v) is 12.3. The lowest BCUT2D eigenvalue weighted by Crippen LogP contribution is -2.29. The third-order valence-electron chi connectivity index (χ3n) is 3.12. The van der Waals surface area contributed by atoms with Gasteiger partial charge in [0.2, 0.25) is 11.9 Å². The predicted molar refractivity (Wildman–Crippen MR) is 78.7 cm³/mol. The number of hydrogen-bond acceptors (Lipinski definition) is 7. The lowest BCUT2D eigenvalue weighted by Gasteiger charge is -2.22. The molecule has 112 valence electrons. The Kier molecular flexibility index (Phi) is 5.34. The van der Waals surface area contributed by atoms with Crippen molar-refractivity contribution in [2.24, 2.45) is 11.8 Å². The minimum atomic E-state index is 0.335. The van der Waals surface area contributed by atoms with E-state index in [2.05, 4.69) is 32.2 Å². The van der Waals surface area contributed by atoms with Crippen molar-refractivity contribution in [3.63, 3.8) is 0 Å². The molecule has 2 rings (SSSR count). The van der Waals surface area contributed by atoms with Gasteiger partial charge < -0.3 is 9.64 Å². The summed E-state index contributed by atoms with van der Waals surface area (Å²) in [6.45, 7) is 6.70. The Morgan fingerprint density at radius 2 is 2.05 bits per heavy atom. The molecule has 1 fully saturated rings. The minimum absolute atomic E-state index is 0.335. The van der Waals surface area contributed by atoms with E-state index in [9.17, 15) is 0 Å². The van der Waals surface area contributed by atoms with E-state index in [-0.39, 0.29) is 0 Å². The third kappa shape index (κ3) is 4.19. The van der Waals surface area contributed by atoms with Crippen molar-refractivity contribution in [3.8, 4) is 6.01 Å². The molecule has 1 aromatic rings. The van der Waals surface area contributed by atoms with Crippen LogP contribution in [0.4, 0.5) is 11.9 Å². The molecule has 0 atom stereocenters. The minimum Gasteiger partial charge on any atom is -0.463 e. The molecular formula is C13H24N6O. The second-order valence-electron chi connectivity index (χ2n) is 5.12. The number of anilines is 2. The van der Waals surface area contributed by atoms with Gasteiger partial charge in [-0.3, -0.25) is 5.43 Å². The number of nitrogens with zero attached hydrogens (tertiary/aromatic N) is 4. The molecular weight excluding hydrogens is 256 g/mol. The molecule has 20 heavy (non-hydrogen) atoms. The largest absolute Gasteiger partial charge is 0.463 e. The molecule has 0 amide bonds. The summed E-state index contributed by atoms with van der Waals surface area (Å²) in [6, 6.07) is 0.335. The first-order chi connectivity index (χ1) is 9.76. The quantitative estimate of drug-likeness (QED) is 0.524. The normalized spacial score (nSPS) is 14.2. The fourth-order valence-electron chi connectivity index (χ4n) is 1.96. The highest BCUT2D eigenvalue weighted by atomic mass is 16.5. The SMILES string of the molecule is CCCOc1nc(NN)nc(N(CCC)CC2CC2)n1. The van der Waals surface area contributed by atoms with Crippen LogP contribution in [0, 0.1) is 5.92 Å². The maximum Gasteiger partial charge on any atom is 0.323 e. The first kappa shape index (κ1) is 14.8. The van der Waals surface area contributed by atoms with Crippen LogP contribution in [0.2, 0.25) is 0 Å². The average Bonchev–Trinajstić information content (AvgIpc) is 3.28. The first-order valence-corrected chi connectivity index (χ1v) is 7.37. The van der Waals surface area contributed by atoms with Gasteiger partial charge >= 0.3 is 6.01 Å². The molecule has 7 heteroatoms. The Balaban J connectivity index is 2.16. The molecule has 3 N–H and O–H groups in total. The van der Waals surface area contributed by atoms with Crippen LogP contribution in [0.5, 0.6) is 6.01 Å². The topological polar surface area (TPSA) is 89.2 Å². The molecule has 0 aromatic carbocycles. The van der Waals surface area contributed by atoms with Crippen molar-refractivity contribution < 1.29 is 4.74 Å². The van der Waals surface area contributed by atoms with Gasteiger partial charge in [0.05, 0.1) is 6.61 Å². The average molecular weight is 280 g/mol. The second-order valence-corrected chi connectivity index (χ2v) is 5.12. The fraction of sp³-hybridized carbons (Fsp3) is 0.769.